The van der Waals surface area contributed by atoms with Gasteiger partial charge in [0, 0.05) is 11.6 Å². The van der Waals surface area contributed by atoms with E-state index in [2.05, 4.69) is 4.74 Å². The van der Waals surface area contributed by atoms with Crippen LogP contribution in [0.4, 0.5) is 4.39 Å². The fraction of sp³-hybridized carbons (Fsp3) is 0.222. The highest BCUT2D eigenvalue weighted by atomic mass is 19.1. The zero-order valence-electron chi connectivity index (χ0n) is 7.40. The van der Waals surface area contributed by atoms with Crippen LogP contribution in [0.1, 0.15) is 11.7 Å². The van der Waals surface area contributed by atoms with Gasteiger partial charge in [0.15, 0.2) is 6.10 Å². The van der Waals surface area contributed by atoms with Crippen molar-refractivity contribution in [3.63, 3.8) is 0 Å². The number of esters is 1. The molecule has 1 aromatic rings. The Morgan fingerprint density at radius 3 is 2.71 bits per heavy atom. The molecule has 0 spiro atoms. The first-order chi connectivity index (χ1) is 6.56. The average molecular weight is 200 g/mol. The Balaban J connectivity index is 3.01. The molecule has 0 aromatic heterocycles. The van der Waals surface area contributed by atoms with Crippen molar-refractivity contribution in [2.24, 2.45) is 0 Å². The van der Waals surface area contributed by atoms with Crippen LogP contribution in [-0.2, 0) is 9.53 Å². The average Bonchev–Trinajstić information content (AvgIpc) is 2.15. The van der Waals surface area contributed by atoms with Crippen LogP contribution < -0.4 is 0 Å². The monoisotopic (exact) mass is 200 g/mol. The number of ether oxygens (including phenoxy) is 1. The van der Waals surface area contributed by atoms with E-state index in [1.807, 2.05) is 0 Å². The molecule has 0 heterocycles. The molecule has 0 bridgehead atoms. The Labute approximate surface area is 79.6 Å². The molecule has 1 rings (SSSR count). The van der Waals surface area contributed by atoms with Crippen LogP contribution in [0.15, 0.2) is 18.2 Å². The first-order valence-corrected chi connectivity index (χ1v) is 3.80. The lowest BCUT2D eigenvalue weighted by atomic mass is 10.1. The summed E-state index contributed by atoms with van der Waals surface area (Å²) in [5.41, 5.74) is -0.227. The van der Waals surface area contributed by atoms with Crippen LogP contribution in [0, 0.1) is 5.82 Å². The normalized spacial score (nSPS) is 12.2. The number of aliphatic hydroxyl groups is 1. The molecule has 76 valence electrons. The van der Waals surface area contributed by atoms with Crippen molar-refractivity contribution in [2.45, 2.75) is 6.10 Å². The minimum Gasteiger partial charge on any atom is -0.508 e. The molecular formula is C9H9FO4. The lowest BCUT2D eigenvalue weighted by molar-refractivity contribution is -0.150. The number of hydrogen-bond donors (Lipinski definition) is 2. The molecule has 0 aliphatic rings. The van der Waals surface area contributed by atoms with Crippen LogP contribution in [-0.4, -0.2) is 23.3 Å². The number of carbonyl (C=O) groups is 1. The summed E-state index contributed by atoms with van der Waals surface area (Å²) in [6, 6.07) is 3.10. The van der Waals surface area contributed by atoms with Crippen molar-refractivity contribution >= 4 is 5.97 Å². The van der Waals surface area contributed by atoms with Gasteiger partial charge in [-0.15, -0.1) is 0 Å². The van der Waals surface area contributed by atoms with Gasteiger partial charge >= 0.3 is 5.97 Å². The molecule has 0 aliphatic carbocycles. The van der Waals surface area contributed by atoms with Crippen LogP contribution in [0.5, 0.6) is 5.75 Å². The van der Waals surface area contributed by atoms with Crippen LogP contribution in [0.2, 0.25) is 0 Å². The van der Waals surface area contributed by atoms with Crippen molar-refractivity contribution in [1.82, 2.24) is 0 Å². The summed E-state index contributed by atoms with van der Waals surface area (Å²) in [7, 11) is 1.09. The summed E-state index contributed by atoms with van der Waals surface area (Å²) >= 11 is 0. The number of phenolic OH excluding ortho intramolecular Hbond substituents is 1. The van der Waals surface area contributed by atoms with E-state index in [-0.39, 0.29) is 11.3 Å². The second-order valence-electron chi connectivity index (χ2n) is 2.63. The van der Waals surface area contributed by atoms with Gasteiger partial charge in [-0.25, -0.2) is 9.18 Å². The highest BCUT2D eigenvalue weighted by Crippen LogP contribution is 2.21. The fourth-order valence-electron chi connectivity index (χ4n) is 0.976. The number of aromatic hydroxyl groups is 1. The molecule has 0 saturated heterocycles. The van der Waals surface area contributed by atoms with E-state index in [9.17, 15) is 14.3 Å². The number of aliphatic hydroxyl groups excluding tert-OH is 1. The van der Waals surface area contributed by atoms with Gasteiger partial charge in [0.25, 0.3) is 0 Å². The Morgan fingerprint density at radius 2 is 2.21 bits per heavy atom. The van der Waals surface area contributed by atoms with Gasteiger partial charge in [0.2, 0.25) is 0 Å². The first kappa shape index (κ1) is 10.5. The van der Waals surface area contributed by atoms with Gasteiger partial charge in [0.1, 0.15) is 11.6 Å². The lowest BCUT2D eigenvalue weighted by Crippen LogP contribution is -2.14. The van der Waals surface area contributed by atoms with Crippen LogP contribution in [0.3, 0.4) is 0 Å². The molecule has 0 saturated carbocycles. The third kappa shape index (κ3) is 2.00. The van der Waals surface area contributed by atoms with Crippen molar-refractivity contribution in [1.29, 1.82) is 0 Å². The smallest absolute Gasteiger partial charge is 0.339 e. The third-order valence-electron chi connectivity index (χ3n) is 1.70. The molecule has 0 amide bonds. The maximum atomic E-state index is 13.1. The van der Waals surface area contributed by atoms with Crippen LogP contribution >= 0.6 is 0 Å². The lowest BCUT2D eigenvalue weighted by Gasteiger charge is -2.09. The summed E-state index contributed by atoms with van der Waals surface area (Å²) in [5.74, 6) is -2.08. The largest absolute Gasteiger partial charge is 0.508 e. The van der Waals surface area contributed by atoms with E-state index in [4.69, 9.17) is 5.11 Å². The van der Waals surface area contributed by atoms with E-state index >= 15 is 0 Å². The summed E-state index contributed by atoms with van der Waals surface area (Å²) in [5, 5.41) is 18.1. The molecule has 1 unspecified atom stereocenters. The van der Waals surface area contributed by atoms with Gasteiger partial charge in [0.05, 0.1) is 7.11 Å². The maximum absolute atomic E-state index is 13.1. The van der Waals surface area contributed by atoms with Crippen molar-refractivity contribution in [2.75, 3.05) is 7.11 Å². The second kappa shape index (κ2) is 4.06. The van der Waals surface area contributed by atoms with E-state index in [0.29, 0.717) is 0 Å². The minimum atomic E-state index is -1.67. The molecule has 4 nitrogen and oxygen atoms in total. The molecule has 2 N–H and O–H groups in total. The standard InChI is InChI=1S/C9H9FO4/c1-14-9(13)8(12)6-3-2-5(11)4-7(6)10/h2-4,8,11-12H,1H3. The van der Waals surface area contributed by atoms with Crippen molar-refractivity contribution in [3.8, 4) is 5.75 Å². The molecule has 1 atom stereocenters. The Hall–Kier alpha value is -1.62. The molecule has 0 fully saturated rings. The molecule has 14 heavy (non-hydrogen) atoms. The first-order valence-electron chi connectivity index (χ1n) is 3.80. The van der Waals surface area contributed by atoms with Gasteiger partial charge in [-0.3, -0.25) is 0 Å². The van der Waals surface area contributed by atoms with E-state index in [1.54, 1.807) is 0 Å². The number of halogens is 1. The van der Waals surface area contributed by atoms with Crippen molar-refractivity contribution < 1.29 is 24.1 Å². The number of methoxy groups -OCH3 is 1. The number of rotatable bonds is 2. The van der Waals surface area contributed by atoms with Crippen molar-refractivity contribution in [3.05, 3.63) is 29.6 Å². The maximum Gasteiger partial charge on any atom is 0.339 e. The molecule has 5 heteroatoms. The summed E-state index contributed by atoms with van der Waals surface area (Å²) in [4.78, 5) is 10.8. The fourth-order valence-corrected chi connectivity index (χ4v) is 0.976. The second-order valence-corrected chi connectivity index (χ2v) is 2.63. The number of hydrogen-bond acceptors (Lipinski definition) is 4. The SMILES string of the molecule is COC(=O)C(O)c1ccc(O)cc1F. The molecular weight excluding hydrogens is 191 g/mol. The zero-order valence-corrected chi connectivity index (χ0v) is 7.40. The van der Waals surface area contributed by atoms with Crippen LogP contribution in [0.25, 0.3) is 0 Å². The summed E-state index contributed by atoms with van der Waals surface area (Å²) in [6.45, 7) is 0. The Bertz CT molecular complexity index is 351. The van der Waals surface area contributed by atoms with E-state index < -0.39 is 17.9 Å². The number of carbonyl (C=O) groups excluding carboxylic acids is 1. The number of phenols is 1. The zero-order chi connectivity index (χ0) is 10.7. The predicted molar refractivity (Wildman–Crippen MR) is 45.0 cm³/mol. The van der Waals surface area contributed by atoms with Gasteiger partial charge in [-0.2, -0.15) is 0 Å². The third-order valence-corrected chi connectivity index (χ3v) is 1.70. The topological polar surface area (TPSA) is 66.8 Å². The highest BCUT2D eigenvalue weighted by molar-refractivity contribution is 5.76. The Kier molecular flexibility index (Phi) is 3.03. The van der Waals surface area contributed by atoms with Gasteiger partial charge in [-0.1, -0.05) is 0 Å². The Morgan fingerprint density at radius 1 is 1.57 bits per heavy atom. The molecule has 1 aromatic carbocycles. The minimum absolute atomic E-state index is 0.227. The van der Waals surface area contributed by atoms with Gasteiger partial charge < -0.3 is 14.9 Å². The highest BCUT2D eigenvalue weighted by Gasteiger charge is 2.21. The molecule has 0 radical (unpaired) electrons. The number of benzene rings is 1. The predicted octanol–water partition coefficient (Wildman–Crippen LogP) is 0.738. The molecule has 0 aliphatic heterocycles. The summed E-state index contributed by atoms with van der Waals surface area (Å²) < 4.78 is 17.3. The summed E-state index contributed by atoms with van der Waals surface area (Å²) in [6.07, 6.45) is -1.67. The van der Waals surface area contributed by atoms with Gasteiger partial charge in [-0.05, 0) is 12.1 Å². The van der Waals surface area contributed by atoms with E-state index in [0.717, 1.165) is 19.2 Å². The quantitative estimate of drug-likeness (QED) is 0.691. The van der Waals surface area contributed by atoms with E-state index in [1.165, 1.54) is 6.07 Å².